The number of benzene rings is 3. The van der Waals surface area contributed by atoms with Crippen molar-refractivity contribution in [3.05, 3.63) is 95.7 Å². The minimum Gasteiger partial charge on any atom is -0.439 e. The Labute approximate surface area is 257 Å². The number of allylic oxidation sites excluding steroid dienone is 2. The second kappa shape index (κ2) is 12.9. The van der Waals surface area contributed by atoms with Crippen molar-refractivity contribution in [1.29, 1.82) is 0 Å². The molecule has 5 rings (SSSR count). The molecule has 232 valence electrons. The molecule has 0 radical (unpaired) electrons. The average molecular weight is 640 g/mol. The van der Waals surface area contributed by atoms with Crippen molar-refractivity contribution in [3.8, 4) is 16.9 Å². The summed E-state index contributed by atoms with van der Waals surface area (Å²) in [5, 5.41) is 0. The van der Waals surface area contributed by atoms with Crippen LogP contribution in [0, 0.1) is 6.92 Å². The van der Waals surface area contributed by atoms with Crippen molar-refractivity contribution < 1.29 is 39.7 Å². The molecule has 0 aliphatic carbocycles. The third-order valence-corrected chi connectivity index (χ3v) is 8.86. The first-order chi connectivity index (χ1) is 20.9. The molecule has 4 aromatic rings. The monoisotopic (exact) mass is 639 g/mol. The van der Waals surface area contributed by atoms with Gasteiger partial charge < -0.3 is 14.1 Å². The average Bonchev–Trinajstić information content (AvgIpc) is 3.49. The molecule has 10 nitrogen and oxygen atoms in total. The van der Waals surface area contributed by atoms with E-state index < -0.39 is 26.0 Å². The van der Waals surface area contributed by atoms with Crippen molar-refractivity contribution in [2.75, 3.05) is 23.0 Å². The highest BCUT2D eigenvalue weighted by molar-refractivity contribution is 7.86. The molecule has 0 saturated carbocycles. The third-order valence-electron chi connectivity index (χ3n) is 7.36. The van der Waals surface area contributed by atoms with E-state index >= 15 is 0 Å². The van der Waals surface area contributed by atoms with Crippen LogP contribution in [-0.4, -0.2) is 44.0 Å². The third kappa shape index (κ3) is 7.75. The minimum atomic E-state index is -4.24. The van der Waals surface area contributed by atoms with E-state index in [1.807, 2.05) is 97.6 Å². The highest BCUT2D eigenvalue weighted by Gasteiger charge is 2.28. The summed E-state index contributed by atoms with van der Waals surface area (Å²) >= 11 is 0. The van der Waals surface area contributed by atoms with E-state index in [1.165, 1.54) is 0 Å². The van der Waals surface area contributed by atoms with Gasteiger partial charge in [-0.05, 0) is 66.6 Å². The fourth-order valence-electron chi connectivity index (χ4n) is 5.12. The van der Waals surface area contributed by atoms with Crippen molar-refractivity contribution >= 4 is 43.1 Å². The van der Waals surface area contributed by atoms with Gasteiger partial charge in [0.15, 0.2) is 12.3 Å². The maximum Gasteiger partial charge on any atom is 0.374 e. The summed E-state index contributed by atoms with van der Waals surface area (Å²) in [4.78, 5) is 1.98. The van der Waals surface area contributed by atoms with Crippen LogP contribution in [0.1, 0.15) is 37.6 Å². The Bertz CT molecular complexity index is 1950. The van der Waals surface area contributed by atoms with Gasteiger partial charge in [-0.3, -0.25) is 9.11 Å². The molecule has 2 N–H and O–H groups in total. The number of hydrogen-bond donors (Lipinski definition) is 2. The Morgan fingerprint density at radius 1 is 0.909 bits per heavy atom. The molecule has 12 heteroatoms. The van der Waals surface area contributed by atoms with Crippen molar-refractivity contribution in [1.82, 2.24) is 0 Å². The van der Waals surface area contributed by atoms with Crippen LogP contribution >= 0.6 is 0 Å². The largest absolute Gasteiger partial charge is 0.439 e. The SMILES string of the molecule is CCC(=Cc1oc2ccc(-c3ccccc3)cc2[n+]1CCS(=O)(=O)O)C=C1Oc2ccc(C)cc2N1CCCCS(=O)(=O)O. The zero-order chi connectivity index (χ0) is 31.5. The molecule has 0 amide bonds. The first-order valence-corrected chi connectivity index (χ1v) is 17.5. The molecule has 0 atom stereocenters. The molecule has 3 aromatic carbocycles. The van der Waals surface area contributed by atoms with E-state index in [2.05, 4.69) is 0 Å². The van der Waals surface area contributed by atoms with Gasteiger partial charge in [0, 0.05) is 18.7 Å². The van der Waals surface area contributed by atoms with E-state index in [9.17, 15) is 21.4 Å². The van der Waals surface area contributed by atoms with Crippen LogP contribution in [-0.2, 0) is 26.8 Å². The predicted octanol–water partition coefficient (Wildman–Crippen LogP) is 5.79. The zero-order valence-corrected chi connectivity index (χ0v) is 26.1. The fraction of sp³-hybridized carbons (Fsp3) is 0.281. The van der Waals surface area contributed by atoms with Crippen LogP contribution in [0.2, 0.25) is 0 Å². The number of nitrogens with zero attached hydrogens (tertiary/aromatic N) is 2. The summed E-state index contributed by atoms with van der Waals surface area (Å²) in [7, 11) is -8.28. The highest BCUT2D eigenvalue weighted by Crippen LogP contribution is 2.40. The first kappa shape index (κ1) is 31.5. The summed E-state index contributed by atoms with van der Waals surface area (Å²) < 4.78 is 78.7. The standard InChI is InChI=1S/C32H34N2O8S2/c1-3-24(20-31-33(15-7-8-17-43(35,36)37)27-19-23(2)11-13-29(27)41-31)21-32-34(16-18-44(38,39)40)28-22-26(12-14-30(28)42-32)25-9-5-4-6-10-25/h4-6,9-14,19-22H,3,7-8,15-18H2,1-2H3,(H-,35,36,37,38,39,40)/p+1. The summed E-state index contributed by atoms with van der Waals surface area (Å²) in [5.41, 5.74) is 5.91. The van der Waals surface area contributed by atoms with Crippen LogP contribution in [0.25, 0.3) is 28.3 Å². The van der Waals surface area contributed by atoms with Crippen molar-refractivity contribution in [2.24, 2.45) is 0 Å². The number of aromatic nitrogens is 1. The number of hydrogen-bond acceptors (Lipinski definition) is 7. The lowest BCUT2D eigenvalue weighted by Crippen LogP contribution is -2.38. The lowest BCUT2D eigenvalue weighted by atomic mass is 10.1. The van der Waals surface area contributed by atoms with Gasteiger partial charge in [0.05, 0.1) is 17.5 Å². The quantitative estimate of drug-likeness (QED) is 0.112. The van der Waals surface area contributed by atoms with Crippen LogP contribution in [0.15, 0.2) is 88.7 Å². The van der Waals surface area contributed by atoms with Gasteiger partial charge in [-0.1, -0.05) is 49.4 Å². The van der Waals surface area contributed by atoms with Crippen molar-refractivity contribution in [3.63, 3.8) is 0 Å². The Morgan fingerprint density at radius 2 is 1.66 bits per heavy atom. The number of aryl methyl sites for hydroxylation is 2. The fourth-order valence-corrected chi connectivity index (χ4v) is 6.10. The lowest BCUT2D eigenvalue weighted by molar-refractivity contribution is -0.673. The number of ether oxygens (including phenoxy) is 1. The number of fused-ring (bicyclic) bond motifs is 2. The molecule has 0 saturated heterocycles. The van der Waals surface area contributed by atoms with E-state index in [0.29, 0.717) is 48.0 Å². The second-order valence-corrected chi connectivity index (χ2v) is 13.8. The Hall–Kier alpha value is -3.97. The molecule has 0 bridgehead atoms. The van der Waals surface area contributed by atoms with Gasteiger partial charge in [0.25, 0.3) is 25.8 Å². The highest BCUT2D eigenvalue weighted by atomic mass is 32.2. The summed E-state index contributed by atoms with van der Waals surface area (Å²) in [5.74, 6) is 0.836. The normalized spacial score (nSPS) is 14.8. The molecule has 1 aromatic heterocycles. The van der Waals surface area contributed by atoms with E-state index in [-0.39, 0.29) is 18.7 Å². The summed E-state index contributed by atoms with van der Waals surface area (Å²) in [6.45, 7) is 4.40. The summed E-state index contributed by atoms with van der Waals surface area (Å²) in [6.07, 6.45) is 5.09. The van der Waals surface area contributed by atoms with Crippen LogP contribution in [0.4, 0.5) is 5.69 Å². The predicted molar refractivity (Wildman–Crippen MR) is 169 cm³/mol. The van der Waals surface area contributed by atoms with Gasteiger partial charge in [0.1, 0.15) is 5.75 Å². The van der Waals surface area contributed by atoms with Gasteiger partial charge in [-0.15, -0.1) is 0 Å². The molecule has 0 spiro atoms. The Balaban J connectivity index is 1.53. The second-order valence-electron chi connectivity index (χ2n) is 10.7. The van der Waals surface area contributed by atoms with Crippen LogP contribution in [0.5, 0.6) is 5.75 Å². The number of rotatable bonds is 12. The van der Waals surface area contributed by atoms with Crippen LogP contribution in [0.3, 0.4) is 0 Å². The zero-order valence-electron chi connectivity index (χ0n) is 24.5. The van der Waals surface area contributed by atoms with Gasteiger partial charge in [-0.25, -0.2) is 0 Å². The maximum atomic E-state index is 11.7. The summed E-state index contributed by atoms with van der Waals surface area (Å²) in [6, 6.07) is 21.4. The maximum absolute atomic E-state index is 11.7. The minimum absolute atomic E-state index is 0.0232. The Morgan fingerprint density at radius 3 is 2.36 bits per heavy atom. The number of anilines is 1. The lowest BCUT2D eigenvalue weighted by Gasteiger charge is -2.19. The topological polar surface area (TPSA) is 138 Å². The molecule has 1 aliphatic heterocycles. The Kier molecular flexibility index (Phi) is 9.26. The molecule has 2 heterocycles. The number of oxazole rings is 1. The molecule has 44 heavy (non-hydrogen) atoms. The van der Waals surface area contributed by atoms with Gasteiger partial charge in [0.2, 0.25) is 11.5 Å². The van der Waals surface area contributed by atoms with Gasteiger partial charge in [-0.2, -0.15) is 21.4 Å². The molecule has 0 fully saturated rings. The van der Waals surface area contributed by atoms with E-state index in [4.69, 9.17) is 13.7 Å². The van der Waals surface area contributed by atoms with Gasteiger partial charge >= 0.3 is 5.89 Å². The molecular formula is C32H35N2O8S2+. The first-order valence-electron chi connectivity index (χ1n) is 14.3. The molecular weight excluding hydrogens is 604 g/mol. The molecule has 1 aliphatic rings. The van der Waals surface area contributed by atoms with Crippen molar-refractivity contribution in [2.45, 2.75) is 39.7 Å². The van der Waals surface area contributed by atoms with Crippen LogP contribution < -0.4 is 14.2 Å². The smallest absolute Gasteiger partial charge is 0.374 e. The van der Waals surface area contributed by atoms with E-state index in [1.54, 1.807) is 4.57 Å². The molecule has 0 unspecified atom stereocenters. The van der Waals surface area contributed by atoms with E-state index in [0.717, 1.165) is 28.0 Å². The number of unbranched alkanes of at least 4 members (excludes halogenated alkanes) is 1.